The molecule has 0 radical (unpaired) electrons. The second kappa shape index (κ2) is 4.53. The highest BCUT2D eigenvalue weighted by Crippen LogP contribution is 2.27. The van der Waals surface area contributed by atoms with Crippen molar-refractivity contribution in [2.75, 3.05) is 6.54 Å². The predicted molar refractivity (Wildman–Crippen MR) is 69.1 cm³/mol. The molecule has 2 heterocycles. The fraction of sp³-hybridized carbons (Fsp3) is 0.462. The number of rotatable bonds is 1. The Hall–Kier alpha value is -2.11. The number of amides is 2. The molecule has 0 bridgehead atoms. The zero-order chi connectivity index (χ0) is 14.2. The Morgan fingerprint density at radius 3 is 2.68 bits per heavy atom. The van der Waals surface area contributed by atoms with Gasteiger partial charge in [-0.3, -0.25) is 9.89 Å². The Balaban J connectivity index is 2.18. The van der Waals surface area contributed by atoms with Gasteiger partial charge in [0.25, 0.3) is 5.91 Å². The van der Waals surface area contributed by atoms with E-state index in [2.05, 4.69) is 10.2 Å². The molecule has 0 fully saturated rings. The normalized spacial score (nSPS) is 16.2. The van der Waals surface area contributed by atoms with Gasteiger partial charge >= 0.3 is 6.09 Å². The van der Waals surface area contributed by atoms with Crippen LogP contribution in [-0.2, 0) is 9.53 Å². The molecule has 102 valence electrons. The van der Waals surface area contributed by atoms with E-state index >= 15 is 0 Å². The van der Waals surface area contributed by atoms with E-state index in [0.29, 0.717) is 5.57 Å². The largest absolute Gasteiger partial charge is 0.443 e. The molecule has 1 N–H and O–H groups in total. The minimum Gasteiger partial charge on any atom is -0.443 e. The van der Waals surface area contributed by atoms with Crippen LogP contribution in [0.3, 0.4) is 0 Å². The van der Waals surface area contributed by atoms with E-state index in [1.165, 1.54) is 0 Å². The monoisotopic (exact) mass is 263 g/mol. The predicted octanol–water partition coefficient (Wildman–Crippen LogP) is 1.96. The second-order valence-corrected chi connectivity index (χ2v) is 5.45. The van der Waals surface area contributed by atoms with Gasteiger partial charge in [-0.1, -0.05) is 0 Å². The third kappa shape index (κ3) is 2.67. The maximum atomic E-state index is 12.1. The van der Waals surface area contributed by atoms with Crippen molar-refractivity contribution in [3.8, 4) is 0 Å². The molecule has 1 aromatic rings. The Morgan fingerprint density at radius 2 is 2.16 bits per heavy atom. The molecule has 0 unspecified atom stereocenters. The smallest absolute Gasteiger partial charge is 0.417 e. The highest BCUT2D eigenvalue weighted by atomic mass is 16.6. The lowest BCUT2D eigenvalue weighted by molar-refractivity contribution is -0.124. The highest BCUT2D eigenvalue weighted by Gasteiger charge is 2.35. The number of nitrogens with one attached hydrogen (secondary N) is 1. The van der Waals surface area contributed by atoms with Gasteiger partial charge in [0.2, 0.25) is 0 Å². The van der Waals surface area contributed by atoms with Crippen molar-refractivity contribution in [2.24, 2.45) is 0 Å². The number of hydrogen-bond donors (Lipinski definition) is 1. The van der Waals surface area contributed by atoms with E-state index in [4.69, 9.17) is 4.74 Å². The van der Waals surface area contributed by atoms with Gasteiger partial charge in [0.15, 0.2) is 0 Å². The van der Waals surface area contributed by atoms with Crippen LogP contribution < -0.4 is 0 Å². The summed E-state index contributed by atoms with van der Waals surface area (Å²) in [4.78, 5) is 25.1. The number of nitrogens with zero attached hydrogens (tertiary/aromatic N) is 2. The number of carbonyl (C=O) groups excluding carboxylic acids is 2. The van der Waals surface area contributed by atoms with Gasteiger partial charge in [-0.05, 0) is 33.8 Å². The van der Waals surface area contributed by atoms with E-state index in [0.717, 1.165) is 16.2 Å². The van der Waals surface area contributed by atoms with E-state index in [1.54, 1.807) is 40.0 Å². The Morgan fingerprint density at radius 1 is 1.47 bits per heavy atom. The molecule has 6 nitrogen and oxygen atoms in total. The number of ether oxygens (including phenoxy) is 1. The van der Waals surface area contributed by atoms with Crippen LogP contribution in [0.1, 0.15) is 33.4 Å². The second-order valence-electron chi connectivity index (χ2n) is 5.45. The summed E-state index contributed by atoms with van der Waals surface area (Å²) in [6.45, 7) is 7.20. The summed E-state index contributed by atoms with van der Waals surface area (Å²) >= 11 is 0. The first-order valence-corrected chi connectivity index (χ1v) is 6.04. The standard InChI is InChI=1S/C13H17N3O3/c1-8-9(10-5-6-14-15-10)7-16(11(8)17)12(18)19-13(2,3)4/h5-6H,7H2,1-4H3,(H,14,15). The van der Waals surface area contributed by atoms with Gasteiger partial charge in [-0.25, -0.2) is 9.69 Å². The van der Waals surface area contributed by atoms with Crippen LogP contribution in [0.25, 0.3) is 5.57 Å². The molecule has 0 spiro atoms. The van der Waals surface area contributed by atoms with E-state index < -0.39 is 11.7 Å². The molecule has 2 rings (SSSR count). The topological polar surface area (TPSA) is 75.3 Å². The zero-order valence-corrected chi connectivity index (χ0v) is 11.5. The van der Waals surface area contributed by atoms with Crippen molar-refractivity contribution in [1.82, 2.24) is 15.1 Å². The summed E-state index contributed by atoms with van der Waals surface area (Å²) in [7, 11) is 0. The first kappa shape index (κ1) is 13.3. The number of aromatic nitrogens is 2. The molecule has 1 aliphatic heterocycles. The Bertz CT molecular complexity index is 538. The molecular weight excluding hydrogens is 246 g/mol. The highest BCUT2D eigenvalue weighted by molar-refractivity contribution is 6.11. The van der Waals surface area contributed by atoms with E-state index in [-0.39, 0.29) is 12.5 Å². The number of H-pyrrole nitrogens is 1. The van der Waals surface area contributed by atoms with Crippen LogP contribution in [-0.4, -0.2) is 39.2 Å². The van der Waals surface area contributed by atoms with E-state index in [9.17, 15) is 9.59 Å². The first-order chi connectivity index (χ1) is 8.79. The maximum Gasteiger partial charge on any atom is 0.417 e. The maximum absolute atomic E-state index is 12.1. The van der Waals surface area contributed by atoms with E-state index in [1.807, 2.05) is 0 Å². The summed E-state index contributed by atoms with van der Waals surface area (Å²) in [5.74, 6) is -0.321. The lowest BCUT2D eigenvalue weighted by atomic mass is 10.1. The summed E-state index contributed by atoms with van der Waals surface area (Å²) in [5.41, 5.74) is 1.43. The lowest BCUT2D eigenvalue weighted by Crippen LogP contribution is -2.38. The molecule has 1 aromatic heterocycles. The fourth-order valence-electron chi connectivity index (χ4n) is 1.86. The molecule has 0 aliphatic carbocycles. The summed E-state index contributed by atoms with van der Waals surface area (Å²) in [5, 5.41) is 6.65. The average molecular weight is 263 g/mol. The van der Waals surface area contributed by atoms with Gasteiger partial charge in [0.05, 0.1) is 12.2 Å². The zero-order valence-electron chi connectivity index (χ0n) is 11.5. The SMILES string of the molecule is CC1=C(c2ccn[nH]2)CN(C(=O)OC(C)(C)C)C1=O. The molecule has 0 saturated carbocycles. The lowest BCUT2D eigenvalue weighted by Gasteiger charge is -2.23. The van der Waals surface area contributed by atoms with Gasteiger partial charge in [0.1, 0.15) is 5.60 Å². The summed E-state index contributed by atoms with van der Waals surface area (Å²) in [6, 6.07) is 1.77. The number of carbonyl (C=O) groups is 2. The first-order valence-electron chi connectivity index (χ1n) is 6.04. The van der Waals surface area contributed by atoms with Crippen molar-refractivity contribution >= 4 is 17.6 Å². The number of imide groups is 1. The van der Waals surface area contributed by atoms with Gasteiger partial charge in [-0.2, -0.15) is 5.10 Å². The van der Waals surface area contributed by atoms with Crippen molar-refractivity contribution in [3.63, 3.8) is 0 Å². The van der Waals surface area contributed by atoms with Gasteiger partial charge < -0.3 is 4.74 Å². The third-order valence-corrected chi connectivity index (χ3v) is 2.77. The molecular formula is C13H17N3O3. The Labute approximate surface area is 111 Å². The van der Waals surface area contributed by atoms with Crippen LogP contribution in [0.15, 0.2) is 17.8 Å². The molecule has 0 saturated heterocycles. The molecule has 1 aliphatic rings. The molecule has 0 aromatic carbocycles. The van der Waals surface area contributed by atoms with Crippen LogP contribution in [0, 0.1) is 0 Å². The van der Waals surface area contributed by atoms with Crippen molar-refractivity contribution in [2.45, 2.75) is 33.3 Å². The van der Waals surface area contributed by atoms with Crippen molar-refractivity contribution in [1.29, 1.82) is 0 Å². The third-order valence-electron chi connectivity index (χ3n) is 2.77. The van der Waals surface area contributed by atoms with Crippen LogP contribution in [0.5, 0.6) is 0 Å². The van der Waals surface area contributed by atoms with Crippen LogP contribution in [0.4, 0.5) is 4.79 Å². The van der Waals surface area contributed by atoms with Crippen molar-refractivity contribution in [3.05, 3.63) is 23.5 Å². The summed E-state index contributed by atoms with van der Waals surface area (Å²) in [6.07, 6.45) is 0.988. The van der Waals surface area contributed by atoms with Crippen molar-refractivity contribution < 1.29 is 14.3 Å². The minimum atomic E-state index is -0.623. The van der Waals surface area contributed by atoms with Crippen LogP contribution in [0.2, 0.25) is 0 Å². The van der Waals surface area contributed by atoms with Gasteiger partial charge in [0, 0.05) is 17.3 Å². The van der Waals surface area contributed by atoms with Crippen LogP contribution >= 0.6 is 0 Å². The Kier molecular flexibility index (Phi) is 3.18. The molecule has 2 amide bonds. The minimum absolute atomic E-state index is 0.210. The molecule has 0 atom stereocenters. The summed E-state index contributed by atoms with van der Waals surface area (Å²) < 4.78 is 5.22. The molecule has 6 heteroatoms. The average Bonchev–Trinajstić information content (AvgIpc) is 2.87. The molecule has 19 heavy (non-hydrogen) atoms. The fourth-order valence-corrected chi connectivity index (χ4v) is 1.86. The quantitative estimate of drug-likeness (QED) is 0.840. The number of hydrogen-bond acceptors (Lipinski definition) is 4. The number of aromatic amines is 1. The van der Waals surface area contributed by atoms with Gasteiger partial charge in [-0.15, -0.1) is 0 Å².